The molecule has 1 aromatic carbocycles. The van der Waals surface area contributed by atoms with Crippen molar-refractivity contribution in [3.63, 3.8) is 0 Å². The summed E-state index contributed by atoms with van der Waals surface area (Å²) in [4.78, 5) is 3.99. The number of methoxy groups -OCH3 is 1. The van der Waals surface area contributed by atoms with E-state index in [1.807, 2.05) is 18.2 Å². The summed E-state index contributed by atoms with van der Waals surface area (Å²) in [6, 6.07) is 10.3. The first kappa shape index (κ1) is 17.1. The second-order valence-electron chi connectivity index (χ2n) is 6.25. The molecule has 1 aromatic heterocycles. The van der Waals surface area contributed by atoms with E-state index in [0.29, 0.717) is 19.0 Å². The fraction of sp³-hybridized carbons (Fsp3) is 0.471. The van der Waals surface area contributed by atoms with Crippen LogP contribution in [0, 0.1) is 5.92 Å². The van der Waals surface area contributed by atoms with Crippen LogP contribution in [0.25, 0.3) is 0 Å². The molecule has 2 aromatic rings. The van der Waals surface area contributed by atoms with E-state index in [9.17, 15) is 8.42 Å². The highest BCUT2D eigenvalue weighted by Crippen LogP contribution is 2.27. The van der Waals surface area contributed by atoms with Crippen LogP contribution >= 0.6 is 0 Å². The third-order valence-corrected chi connectivity index (χ3v) is 6.34. The van der Waals surface area contributed by atoms with Gasteiger partial charge in [0.1, 0.15) is 0 Å². The summed E-state index contributed by atoms with van der Waals surface area (Å²) in [6.45, 7) is 0.864. The molecule has 1 fully saturated rings. The lowest BCUT2D eigenvalue weighted by Gasteiger charge is -2.36. The molecule has 1 saturated heterocycles. The lowest BCUT2D eigenvalue weighted by atomic mass is 9.88. The van der Waals surface area contributed by atoms with Gasteiger partial charge in [-0.05, 0) is 24.3 Å². The van der Waals surface area contributed by atoms with Gasteiger partial charge in [0.05, 0.1) is 12.4 Å². The second kappa shape index (κ2) is 7.04. The van der Waals surface area contributed by atoms with Gasteiger partial charge in [0.2, 0.25) is 0 Å². The van der Waals surface area contributed by atoms with Crippen LogP contribution in [0.5, 0.6) is 0 Å². The van der Waals surface area contributed by atoms with Crippen molar-refractivity contribution >= 4 is 10.0 Å². The minimum absolute atomic E-state index is 0.0985. The van der Waals surface area contributed by atoms with Crippen LogP contribution in [0.3, 0.4) is 0 Å². The maximum atomic E-state index is 12.7. The van der Waals surface area contributed by atoms with Crippen LogP contribution in [0.2, 0.25) is 0 Å². The molecule has 1 aliphatic heterocycles. The molecule has 7 heteroatoms. The van der Waals surface area contributed by atoms with Crippen molar-refractivity contribution in [2.45, 2.75) is 24.0 Å². The molecule has 2 heterocycles. The maximum Gasteiger partial charge on any atom is 0.262 e. The Morgan fingerprint density at radius 2 is 2.04 bits per heavy atom. The molecule has 0 radical (unpaired) electrons. The molecule has 0 saturated carbocycles. The number of hydrogen-bond donors (Lipinski definition) is 0. The Bertz CT molecular complexity index is 773. The minimum Gasteiger partial charge on any atom is -0.380 e. The lowest BCUT2D eigenvalue weighted by Crippen LogP contribution is -2.47. The number of benzene rings is 1. The van der Waals surface area contributed by atoms with Crippen LogP contribution < -0.4 is 0 Å². The zero-order chi connectivity index (χ0) is 17.2. The highest BCUT2D eigenvalue weighted by molar-refractivity contribution is 7.89. The number of imidazole rings is 1. The van der Waals surface area contributed by atoms with Crippen LogP contribution in [-0.4, -0.2) is 48.6 Å². The summed E-state index contributed by atoms with van der Waals surface area (Å²) in [6.07, 6.45) is 4.60. The molecule has 2 atom stereocenters. The average molecular weight is 349 g/mol. The number of piperidine rings is 1. The molecule has 0 unspecified atom stereocenters. The second-order valence-corrected chi connectivity index (χ2v) is 8.14. The summed E-state index contributed by atoms with van der Waals surface area (Å²) >= 11 is 0. The molecular weight excluding hydrogens is 326 g/mol. The first-order valence-corrected chi connectivity index (χ1v) is 9.49. The van der Waals surface area contributed by atoms with Crippen LogP contribution in [0.1, 0.15) is 12.0 Å². The van der Waals surface area contributed by atoms with Gasteiger partial charge in [-0.2, -0.15) is 4.31 Å². The van der Waals surface area contributed by atoms with Crippen molar-refractivity contribution in [1.82, 2.24) is 13.9 Å². The van der Waals surface area contributed by atoms with E-state index in [4.69, 9.17) is 4.74 Å². The van der Waals surface area contributed by atoms with Gasteiger partial charge in [-0.1, -0.05) is 30.3 Å². The number of aryl methyl sites for hydroxylation is 1. The van der Waals surface area contributed by atoms with Crippen molar-refractivity contribution < 1.29 is 13.2 Å². The summed E-state index contributed by atoms with van der Waals surface area (Å²) in [5.41, 5.74) is 1.26. The number of nitrogens with zero attached hydrogens (tertiary/aromatic N) is 3. The van der Waals surface area contributed by atoms with E-state index in [2.05, 4.69) is 17.1 Å². The molecule has 130 valence electrons. The highest BCUT2D eigenvalue weighted by atomic mass is 32.2. The van der Waals surface area contributed by atoms with Crippen LogP contribution in [0.15, 0.2) is 47.9 Å². The minimum atomic E-state index is -3.56. The highest BCUT2D eigenvalue weighted by Gasteiger charge is 2.36. The van der Waals surface area contributed by atoms with Crippen molar-refractivity contribution in [3.05, 3.63) is 48.4 Å². The van der Waals surface area contributed by atoms with E-state index >= 15 is 0 Å². The van der Waals surface area contributed by atoms with Gasteiger partial charge in [0.25, 0.3) is 10.0 Å². The van der Waals surface area contributed by atoms with Crippen molar-refractivity contribution in [1.29, 1.82) is 0 Å². The third-order valence-electron chi connectivity index (χ3n) is 4.59. The summed E-state index contributed by atoms with van der Waals surface area (Å²) < 4.78 is 34.2. The summed E-state index contributed by atoms with van der Waals surface area (Å²) in [5.74, 6) is 0.313. The SMILES string of the molecule is CO[C@H]1CN(S(=O)(=O)c2cn(C)cn2)CC[C@@H]1Cc1ccccc1. The number of sulfonamides is 1. The third kappa shape index (κ3) is 3.53. The maximum absolute atomic E-state index is 12.7. The average Bonchev–Trinajstić information content (AvgIpc) is 3.03. The lowest BCUT2D eigenvalue weighted by molar-refractivity contribution is 0.0115. The van der Waals surface area contributed by atoms with E-state index in [-0.39, 0.29) is 11.1 Å². The quantitative estimate of drug-likeness (QED) is 0.824. The molecule has 6 nitrogen and oxygen atoms in total. The Kier molecular flexibility index (Phi) is 5.03. The molecule has 1 aliphatic rings. The van der Waals surface area contributed by atoms with Gasteiger partial charge in [-0.15, -0.1) is 0 Å². The molecule has 0 spiro atoms. The van der Waals surface area contributed by atoms with Crippen LogP contribution in [0.4, 0.5) is 0 Å². The first-order chi connectivity index (χ1) is 11.5. The fourth-order valence-corrected chi connectivity index (χ4v) is 4.66. The molecular formula is C17H23N3O3S. The molecule has 0 amide bonds. The number of aromatic nitrogens is 2. The van der Waals surface area contributed by atoms with Gasteiger partial charge in [-0.3, -0.25) is 0 Å². The predicted octanol–water partition coefficient (Wildman–Crippen LogP) is 1.69. The Morgan fingerprint density at radius 1 is 1.29 bits per heavy atom. The smallest absolute Gasteiger partial charge is 0.262 e. The molecule has 0 aliphatic carbocycles. The zero-order valence-corrected chi connectivity index (χ0v) is 14.8. The van der Waals surface area contributed by atoms with E-state index in [1.54, 1.807) is 18.7 Å². The summed E-state index contributed by atoms with van der Waals surface area (Å²) in [7, 11) is -0.147. The zero-order valence-electron chi connectivity index (χ0n) is 14.0. The normalized spacial score (nSPS) is 22.6. The molecule has 3 rings (SSSR count). The number of rotatable bonds is 5. The van der Waals surface area contributed by atoms with E-state index in [0.717, 1.165) is 12.8 Å². The van der Waals surface area contributed by atoms with Gasteiger partial charge < -0.3 is 9.30 Å². The topological polar surface area (TPSA) is 64.4 Å². The molecule has 0 N–H and O–H groups in total. The number of hydrogen-bond acceptors (Lipinski definition) is 4. The van der Waals surface area contributed by atoms with E-state index < -0.39 is 10.0 Å². The van der Waals surface area contributed by atoms with Crippen molar-refractivity contribution in [3.8, 4) is 0 Å². The predicted molar refractivity (Wildman–Crippen MR) is 91.0 cm³/mol. The Labute approximate surface area is 143 Å². The van der Waals surface area contributed by atoms with Crippen molar-refractivity contribution in [2.24, 2.45) is 13.0 Å². The Balaban J connectivity index is 1.73. The number of ether oxygens (including phenoxy) is 1. The van der Waals surface area contributed by atoms with Gasteiger partial charge >= 0.3 is 0 Å². The monoisotopic (exact) mass is 349 g/mol. The molecule has 24 heavy (non-hydrogen) atoms. The standard InChI is InChI=1S/C17H23N3O3S/c1-19-12-17(18-13-19)24(21,22)20-9-8-15(16(11-20)23-2)10-14-6-4-3-5-7-14/h3-7,12-13,15-16H,8-11H2,1-2H3/t15-,16+/m1/s1. The van der Waals surface area contributed by atoms with Crippen LogP contribution in [-0.2, 0) is 28.2 Å². The largest absolute Gasteiger partial charge is 0.380 e. The Hall–Kier alpha value is -1.70. The van der Waals surface area contributed by atoms with E-state index in [1.165, 1.54) is 22.4 Å². The summed E-state index contributed by atoms with van der Waals surface area (Å²) in [5, 5.41) is 0.0985. The Morgan fingerprint density at radius 3 is 2.67 bits per heavy atom. The molecule has 0 bridgehead atoms. The van der Waals surface area contributed by atoms with Gasteiger partial charge in [0.15, 0.2) is 5.03 Å². The fourth-order valence-electron chi connectivity index (χ4n) is 3.23. The van der Waals surface area contributed by atoms with Gasteiger partial charge in [-0.25, -0.2) is 13.4 Å². The van der Waals surface area contributed by atoms with Gasteiger partial charge in [0, 0.05) is 33.4 Å². The first-order valence-electron chi connectivity index (χ1n) is 8.05. The van der Waals surface area contributed by atoms with Crippen molar-refractivity contribution in [2.75, 3.05) is 20.2 Å².